The van der Waals surface area contributed by atoms with Gasteiger partial charge in [0, 0.05) is 0 Å². The second kappa shape index (κ2) is 12.8. The summed E-state index contributed by atoms with van der Waals surface area (Å²) in [6.07, 6.45) is -15.1. The third kappa shape index (κ3) is 6.03. The summed E-state index contributed by atoms with van der Waals surface area (Å²) >= 11 is 0. The molecule has 16 N–H and O–H groups in total. The summed E-state index contributed by atoms with van der Waals surface area (Å²) in [7, 11) is 1.46. The van der Waals surface area contributed by atoms with E-state index in [1.54, 1.807) is 0 Å². The zero-order chi connectivity index (χ0) is 30.1. The summed E-state index contributed by atoms with van der Waals surface area (Å²) in [5.41, 5.74) is 8.88. The van der Waals surface area contributed by atoms with Crippen molar-refractivity contribution in [3.8, 4) is 0 Å². The first-order chi connectivity index (χ1) is 18.7. The van der Waals surface area contributed by atoms with Gasteiger partial charge in [-0.1, -0.05) is 6.08 Å². The number of nitrogens with one attached hydrogen (secondary N) is 5. The minimum atomic E-state index is -1.94. The zero-order valence-electron chi connectivity index (χ0n) is 22.0. The van der Waals surface area contributed by atoms with E-state index in [2.05, 4.69) is 22.5 Å². The lowest BCUT2D eigenvalue weighted by Gasteiger charge is -2.47. The molecule has 40 heavy (non-hydrogen) atoms. The highest BCUT2D eigenvalue weighted by atomic mass is 16.8. The van der Waals surface area contributed by atoms with E-state index in [1.165, 1.54) is 14.0 Å². The van der Waals surface area contributed by atoms with Gasteiger partial charge in [0.25, 0.3) is 0 Å². The molecule has 0 radical (unpaired) electrons. The highest BCUT2D eigenvalue weighted by Gasteiger charge is 2.59. The molecule has 0 amide bonds. The molecule has 0 aromatic rings. The molecule has 2 saturated heterocycles. The van der Waals surface area contributed by atoms with Crippen LogP contribution in [-0.2, 0) is 18.9 Å². The van der Waals surface area contributed by atoms with Crippen LogP contribution in [0, 0.1) is 10.8 Å². The van der Waals surface area contributed by atoms with Crippen LogP contribution in [0.3, 0.4) is 0 Å². The SMILES string of the molecule is C=C[C@@]1(O)C(O[C@H]2O[C@H](CO)[C@@H](O)[C@H](O)[C@H]2NC)[C@@H](OC2[C@@H](NC(=N)N)[C@H](O)[C@@H](NC(=N)N)[C@H](O)[C@H]2O)O[C@@H]1C. The molecule has 0 aromatic heterocycles. The number of likely N-dealkylation sites (N-methyl/N-ethyl adjacent to an activating group) is 1. The Kier molecular flexibility index (Phi) is 10.3. The van der Waals surface area contributed by atoms with Crippen LogP contribution in [0.2, 0.25) is 0 Å². The molecule has 3 rings (SSSR count). The normalized spacial score (nSPS) is 47.4. The molecule has 18 heteroatoms. The van der Waals surface area contributed by atoms with Crippen molar-refractivity contribution >= 4 is 11.9 Å². The van der Waals surface area contributed by atoms with E-state index < -0.39 is 110 Å². The first-order valence-electron chi connectivity index (χ1n) is 12.6. The molecule has 18 nitrogen and oxygen atoms in total. The molecule has 3 aliphatic rings. The maximum absolute atomic E-state index is 11.4. The maximum Gasteiger partial charge on any atom is 0.188 e. The minimum Gasteiger partial charge on any atom is -0.394 e. The number of aliphatic hydroxyl groups is 7. The Balaban J connectivity index is 1.94. The molecule has 2 heterocycles. The van der Waals surface area contributed by atoms with Gasteiger partial charge in [0.05, 0.1) is 36.9 Å². The van der Waals surface area contributed by atoms with E-state index in [4.69, 9.17) is 41.2 Å². The summed E-state index contributed by atoms with van der Waals surface area (Å²) in [6, 6.07) is -3.77. The summed E-state index contributed by atoms with van der Waals surface area (Å²) in [5.74, 6) is -1.22. The van der Waals surface area contributed by atoms with E-state index >= 15 is 0 Å². The van der Waals surface area contributed by atoms with Gasteiger partial charge in [-0.3, -0.25) is 10.8 Å². The molecular formula is C22H41N7O11. The lowest BCUT2D eigenvalue weighted by Crippen LogP contribution is -2.73. The predicted octanol–water partition coefficient (Wildman–Crippen LogP) is -6.75. The summed E-state index contributed by atoms with van der Waals surface area (Å²) in [6.45, 7) is 4.46. The molecular weight excluding hydrogens is 538 g/mol. The Labute approximate surface area is 229 Å². The van der Waals surface area contributed by atoms with Crippen molar-refractivity contribution < 1.29 is 54.7 Å². The number of guanidine groups is 2. The lowest BCUT2D eigenvalue weighted by atomic mass is 9.81. The minimum absolute atomic E-state index is 0.603. The van der Waals surface area contributed by atoms with Crippen LogP contribution in [0.5, 0.6) is 0 Å². The molecule has 2 unspecified atom stereocenters. The molecule has 15 atom stereocenters. The number of aliphatic hydroxyl groups excluding tert-OH is 6. The Morgan fingerprint density at radius 2 is 1.48 bits per heavy atom. The van der Waals surface area contributed by atoms with Gasteiger partial charge in [-0.05, 0) is 14.0 Å². The van der Waals surface area contributed by atoms with Crippen molar-refractivity contribution in [3.05, 3.63) is 12.7 Å². The van der Waals surface area contributed by atoms with Gasteiger partial charge in [-0.25, -0.2) is 0 Å². The topological polar surface area (TPSA) is 314 Å². The largest absolute Gasteiger partial charge is 0.394 e. The van der Waals surface area contributed by atoms with E-state index in [-0.39, 0.29) is 0 Å². The summed E-state index contributed by atoms with van der Waals surface area (Å²) in [4.78, 5) is 0. The van der Waals surface area contributed by atoms with Crippen LogP contribution in [0.25, 0.3) is 0 Å². The van der Waals surface area contributed by atoms with Gasteiger partial charge >= 0.3 is 0 Å². The van der Waals surface area contributed by atoms with Crippen molar-refractivity contribution in [2.24, 2.45) is 11.5 Å². The Morgan fingerprint density at radius 3 is 2.00 bits per heavy atom. The van der Waals surface area contributed by atoms with E-state index in [1.807, 2.05) is 0 Å². The first-order valence-corrected chi connectivity index (χ1v) is 12.6. The van der Waals surface area contributed by atoms with Crippen molar-refractivity contribution in [3.63, 3.8) is 0 Å². The van der Waals surface area contributed by atoms with Crippen LogP contribution in [0.15, 0.2) is 12.7 Å². The van der Waals surface area contributed by atoms with E-state index in [9.17, 15) is 35.7 Å². The highest BCUT2D eigenvalue weighted by Crippen LogP contribution is 2.39. The number of ether oxygens (including phenoxy) is 4. The van der Waals surface area contributed by atoms with Crippen molar-refractivity contribution in [1.29, 1.82) is 10.8 Å². The smallest absolute Gasteiger partial charge is 0.188 e. The monoisotopic (exact) mass is 579 g/mol. The third-order valence-electron chi connectivity index (χ3n) is 7.59. The second-order valence-electron chi connectivity index (χ2n) is 10.1. The van der Waals surface area contributed by atoms with Crippen LogP contribution in [0.4, 0.5) is 0 Å². The molecule has 1 saturated carbocycles. The average Bonchev–Trinajstić information content (AvgIpc) is 3.13. The van der Waals surface area contributed by atoms with Gasteiger partial charge < -0.3 is 82.1 Å². The summed E-state index contributed by atoms with van der Waals surface area (Å²) in [5, 5.41) is 97.1. The molecule has 3 fully saturated rings. The molecule has 1 aliphatic carbocycles. The van der Waals surface area contributed by atoms with Crippen LogP contribution in [-0.4, -0.2) is 153 Å². The average molecular weight is 580 g/mol. The molecule has 230 valence electrons. The molecule has 0 aromatic carbocycles. The number of hydrogen-bond donors (Lipinski definition) is 14. The fourth-order valence-electron chi connectivity index (χ4n) is 5.30. The summed E-state index contributed by atoms with van der Waals surface area (Å²) < 4.78 is 23.4. The Bertz CT molecular complexity index is 920. The highest BCUT2D eigenvalue weighted by molar-refractivity contribution is 5.75. The van der Waals surface area contributed by atoms with Crippen LogP contribution >= 0.6 is 0 Å². The molecule has 0 bridgehead atoms. The van der Waals surface area contributed by atoms with E-state index in [0.29, 0.717) is 0 Å². The standard InChI is InChI=1S/C22H41N7O11/c1-4-22(36)6(2)37-19(17(22)40-18-10(27-3)14(34)11(31)7(5-30)38-18)39-16-9(29-21(25)26)12(32)8(28-20(23)24)13(33)15(16)35/h4,6-19,27,30-36H,1,5H2,2-3H3,(H4,23,24,28)(H4,25,26,29)/t6-,7-,8-,9+,10-,11-,12-,13+,14-,15-,16?,17?,18-,19-,22+/m1/s1. The van der Waals surface area contributed by atoms with Gasteiger partial charge in [-0.2, -0.15) is 0 Å². The number of hydrogen-bond acceptors (Lipinski definition) is 14. The Morgan fingerprint density at radius 1 is 0.900 bits per heavy atom. The van der Waals surface area contributed by atoms with Crippen molar-refractivity contribution in [1.82, 2.24) is 16.0 Å². The van der Waals surface area contributed by atoms with Crippen molar-refractivity contribution in [2.45, 2.75) is 98.2 Å². The number of nitrogens with two attached hydrogens (primary N) is 2. The molecule has 0 spiro atoms. The fraction of sp³-hybridized carbons (Fsp3) is 0.818. The lowest BCUT2D eigenvalue weighted by molar-refractivity contribution is -0.314. The van der Waals surface area contributed by atoms with Gasteiger partial charge in [0.1, 0.15) is 48.3 Å². The van der Waals surface area contributed by atoms with Crippen LogP contribution < -0.4 is 27.4 Å². The quantitative estimate of drug-likeness (QED) is 0.0685. The van der Waals surface area contributed by atoms with Crippen molar-refractivity contribution in [2.75, 3.05) is 13.7 Å². The second-order valence-corrected chi connectivity index (χ2v) is 10.1. The molecule has 2 aliphatic heterocycles. The Hall–Kier alpha value is -2.20. The third-order valence-corrected chi connectivity index (χ3v) is 7.59. The number of rotatable bonds is 9. The van der Waals surface area contributed by atoms with Gasteiger partial charge in [0.15, 0.2) is 24.5 Å². The first kappa shape index (κ1) is 32.3. The van der Waals surface area contributed by atoms with E-state index in [0.717, 1.165) is 6.08 Å². The maximum atomic E-state index is 11.4. The predicted molar refractivity (Wildman–Crippen MR) is 136 cm³/mol. The van der Waals surface area contributed by atoms with Crippen LogP contribution in [0.1, 0.15) is 6.92 Å². The fourth-order valence-corrected chi connectivity index (χ4v) is 5.30. The zero-order valence-corrected chi connectivity index (χ0v) is 22.0. The van der Waals surface area contributed by atoms with Gasteiger partial charge in [-0.15, -0.1) is 6.58 Å². The van der Waals surface area contributed by atoms with Gasteiger partial charge in [0.2, 0.25) is 0 Å².